The highest BCUT2D eigenvalue weighted by atomic mass is 32.2. The molecule has 18 heavy (non-hydrogen) atoms. The maximum Gasteiger partial charge on any atom is 0.306 e. The first-order valence-electron chi connectivity index (χ1n) is 5.81. The van der Waals surface area contributed by atoms with Gasteiger partial charge in [-0.05, 0) is 26.7 Å². The van der Waals surface area contributed by atoms with Crippen molar-refractivity contribution in [2.75, 3.05) is 19.7 Å². The van der Waals surface area contributed by atoms with Crippen LogP contribution in [0.25, 0.3) is 0 Å². The summed E-state index contributed by atoms with van der Waals surface area (Å²) in [5.41, 5.74) is -0.928. The zero-order valence-corrected chi connectivity index (χ0v) is 11.4. The highest BCUT2D eigenvalue weighted by molar-refractivity contribution is 7.87. The number of aliphatic carboxylic acids is 1. The summed E-state index contributed by atoms with van der Waals surface area (Å²) < 4.78 is 27.6. The Balaban J connectivity index is 2.64. The van der Waals surface area contributed by atoms with Gasteiger partial charge in [0.1, 0.15) is 0 Å². The number of piperidine rings is 1. The average Bonchev–Trinajstić information content (AvgIpc) is 2.28. The lowest BCUT2D eigenvalue weighted by Crippen LogP contribution is -2.54. The standard InChI is InChI=1S/C10H20N2O5S/c1-10(2,7-13)11-18(16,17)12-5-3-8(4-6-12)9(14)15/h8,11,13H,3-7H2,1-2H3,(H,14,15). The van der Waals surface area contributed by atoms with Crippen molar-refractivity contribution in [3.8, 4) is 0 Å². The van der Waals surface area contributed by atoms with Crippen LogP contribution in [0.2, 0.25) is 0 Å². The third-order valence-corrected chi connectivity index (χ3v) is 4.80. The second-order valence-corrected chi connectivity index (χ2v) is 6.83. The zero-order chi connectivity index (χ0) is 14.0. The number of aliphatic hydroxyl groups excluding tert-OH is 1. The topological polar surface area (TPSA) is 107 Å². The molecule has 0 aliphatic carbocycles. The first-order valence-corrected chi connectivity index (χ1v) is 7.25. The smallest absolute Gasteiger partial charge is 0.306 e. The van der Waals surface area contributed by atoms with Crippen molar-refractivity contribution in [3.63, 3.8) is 0 Å². The molecule has 8 heteroatoms. The molecule has 3 N–H and O–H groups in total. The van der Waals surface area contributed by atoms with Crippen LogP contribution in [0.3, 0.4) is 0 Å². The average molecular weight is 280 g/mol. The number of carbonyl (C=O) groups is 1. The van der Waals surface area contributed by atoms with Gasteiger partial charge in [-0.1, -0.05) is 0 Å². The van der Waals surface area contributed by atoms with Crippen molar-refractivity contribution >= 4 is 16.2 Å². The Bertz CT molecular complexity index is 398. The SMILES string of the molecule is CC(C)(CO)NS(=O)(=O)N1CCC(C(=O)O)CC1. The molecule has 106 valence electrons. The van der Waals surface area contributed by atoms with Crippen LogP contribution in [-0.2, 0) is 15.0 Å². The minimum Gasteiger partial charge on any atom is -0.481 e. The lowest BCUT2D eigenvalue weighted by Gasteiger charge is -2.32. The van der Waals surface area contributed by atoms with Gasteiger partial charge in [0, 0.05) is 13.1 Å². The van der Waals surface area contributed by atoms with Crippen LogP contribution in [0.4, 0.5) is 0 Å². The molecule has 0 aromatic heterocycles. The predicted octanol–water partition coefficient (Wildman–Crippen LogP) is -0.612. The van der Waals surface area contributed by atoms with E-state index < -0.39 is 27.6 Å². The van der Waals surface area contributed by atoms with Gasteiger partial charge >= 0.3 is 5.97 Å². The van der Waals surface area contributed by atoms with Gasteiger partial charge in [0.05, 0.1) is 18.1 Å². The number of carboxylic acid groups (broad SMARTS) is 1. The van der Waals surface area contributed by atoms with E-state index in [9.17, 15) is 13.2 Å². The maximum absolute atomic E-state index is 12.0. The Kier molecular flexibility index (Phi) is 4.71. The van der Waals surface area contributed by atoms with E-state index in [0.717, 1.165) is 0 Å². The second-order valence-electron chi connectivity index (χ2n) is 5.16. The number of carboxylic acids is 1. The van der Waals surface area contributed by atoms with Crippen molar-refractivity contribution < 1.29 is 23.4 Å². The summed E-state index contributed by atoms with van der Waals surface area (Å²) >= 11 is 0. The maximum atomic E-state index is 12.0. The van der Waals surface area contributed by atoms with Gasteiger partial charge in [-0.15, -0.1) is 0 Å². The molecule has 0 saturated carbocycles. The molecule has 0 bridgehead atoms. The third-order valence-electron chi connectivity index (χ3n) is 2.94. The van der Waals surface area contributed by atoms with E-state index >= 15 is 0 Å². The van der Waals surface area contributed by atoms with Crippen LogP contribution in [0, 0.1) is 5.92 Å². The normalized spacial score (nSPS) is 19.9. The predicted molar refractivity (Wildman–Crippen MR) is 65.2 cm³/mol. The Morgan fingerprint density at radius 3 is 2.28 bits per heavy atom. The van der Waals surface area contributed by atoms with E-state index in [1.165, 1.54) is 4.31 Å². The van der Waals surface area contributed by atoms with Crippen LogP contribution in [-0.4, -0.2) is 54.1 Å². The van der Waals surface area contributed by atoms with Crippen LogP contribution in [0.1, 0.15) is 26.7 Å². The highest BCUT2D eigenvalue weighted by Gasteiger charge is 2.33. The van der Waals surface area contributed by atoms with Crippen molar-refractivity contribution in [1.29, 1.82) is 0 Å². The van der Waals surface area contributed by atoms with Gasteiger partial charge in [0.25, 0.3) is 10.2 Å². The van der Waals surface area contributed by atoms with E-state index in [-0.39, 0.29) is 19.7 Å². The van der Waals surface area contributed by atoms with Crippen molar-refractivity contribution in [1.82, 2.24) is 9.03 Å². The fraction of sp³-hybridized carbons (Fsp3) is 0.900. The summed E-state index contributed by atoms with van der Waals surface area (Å²) in [6.45, 7) is 3.22. The molecule has 1 rings (SSSR count). The Morgan fingerprint density at radius 1 is 1.39 bits per heavy atom. The van der Waals surface area contributed by atoms with Crippen LogP contribution in [0.5, 0.6) is 0 Å². The molecule has 1 heterocycles. The molecule has 0 spiro atoms. The molecule has 1 saturated heterocycles. The lowest BCUT2D eigenvalue weighted by molar-refractivity contribution is -0.142. The van der Waals surface area contributed by atoms with Crippen LogP contribution >= 0.6 is 0 Å². The summed E-state index contributed by atoms with van der Waals surface area (Å²) in [6.07, 6.45) is 0.631. The molecule has 1 fully saturated rings. The Morgan fingerprint density at radius 2 is 1.89 bits per heavy atom. The molecular formula is C10H20N2O5S. The summed E-state index contributed by atoms with van der Waals surface area (Å²) in [5.74, 6) is -1.35. The van der Waals surface area contributed by atoms with Gasteiger partial charge in [0.2, 0.25) is 0 Å². The zero-order valence-electron chi connectivity index (χ0n) is 10.6. The first kappa shape index (κ1) is 15.4. The quantitative estimate of drug-likeness (QED) is 0.622. The molecule has 7 nitrogen and oxygen atoms in total. The second kappa shape index (κ2) is 5.52. The Labute approximate surface area is 107 Å². The number of nitrogens with zero attached hydrogens (tertiary/aromatic N) is 1. The van der Waals surface area contributed by atoms with Crippen molar-refractivity contribution in [2.24, 2.45) is 5.92 Å². The van der Waals surface area contributed by atoms with Crippen LogP contribution in [0.15, 0.2) is 0 Å². The molecule has 0 unspecified atom stereocenters. The fourth-order valence-electron chi connectivity index (χ4n) is 1.79. The minimum atomic E-state index is -3.67. The van der Waals surface area contributed by atoms with Gasteiger partial charge in [-0.25, -0.2) is 0 Å². The molecule has 1 aliphatic rings. The monoisotopic (exact) mass is 280 g/mol. The summed E-state index contributed by atoms with van der Waals surface area (Å²) in [4.78, 5) is 10.8. The van der Waals surface area contributed by atoms with Gasteiger partial charge in [-0.2, -0.15) is 17.4 Å². The fourth-order valence-corrected chi connectivity index (χ4v) is 3.37. The summed E-state index contributed by atoms with van der Waals surface area (Å²) in [5, 5.41) is 17.9. The van der Waals surface area contributed by atoms with E-state index in [2.05, 4.69) is 4.72 Å². The lowest BCUT2D eigenvalue weighted by atomic mass is 9.99. The van der Waals surface area contributed by atoms with Gasteiger partial charge in [-0.3, -0.25) is 4.79 Å². The molecule has 0 aromatic carbocycles. The van der Waals surface area contributed by atoms with Crippen molar-refractivity contribution in [3.05, 3.63) is 0 Å². The van der Waals surface area contributed by atoms with E-state index in [0.29, 0.717) is 12.8 Å². The van der Waals surface area contributed by atoms with E-state index in [4.69, 9.17) is 10.2 Å². The molecule has 0 aromatic rings. The molecule has 0 atom stereocenters. The minimum absolute atomic E-state index is 0.188. The molecule has 1 aliphatic heterocycles. The number of hydrogen-bond donors (Lipinski definition) is 3. The molecule has 0 radical (unpaired) electrons. The van der Waals surface area contributed by atoms with Crippen LogP contribution < -0.4 is 4.72 Å². The number of aliphatic hydroxyl groups is 1. The third kappa shape index (κ3) is 3.91. The summed E-state index contributed by atoms with van der Waals surface area (Å²) in [7, 11) is -3.67. The van der Waals surface area contributed by atoms with Gasteiger partial charge in [0.15, 0.2) is 0 Å². The summed E-state index contributed by atoms with van der Waals surface area (Å²) in [6, 6.07) is 0. The molecule has 0 amide bonds. The number of nitrogens with one attached hydrogen (secondary N) is 1. The van der Waals surface area contributed by atoms with Gasteiger partial charge < -0.3 is 10.2 Å². The Hall–Kier alpha value is -0.700. The number of hydrogen-bond acceptors (Lipinski definition) is 4. The van der Waals surface area contributed by atoms with E-state index in [1.54, 1.807) is 13.8 Å². The first-order chi connectivity index (χ1) is 8.18. The molecular weight excluding hydrogens is 260 g/mol. The largest absolute Gasteiger partial charge is 0.481 e. The van der Waals surface area contributed by atoms with Crippen molar-refractivity contribution in [2.45, 2.75) is 32.2 Å². The highest BCUT2D eigenvalue weighted by Crippen LogP contribution is 2.20. The number of rotatable bonds is 5. The van der Waals surface area contributed by atoms with E-state index in [1.807, 2.05) is 0 Å².